The van der Waals surface area contributed by atoms with E-state index in [0.29, 0.717) is 19.3 Å². The molecule has 1 aromatic heterocycles. The van der Waals surface area contributed by atoms with Crippen molar-refractivity contribution in [3.05, 3.63) is 22.4 Å². The van der Waals surface area contributed by atoms with Crippen molar-refractivity contribution >= 4 is 23.2 Å². The molecule has 116 valence electrons. The van der Waals surface area contributed by atoms with E-state index < -0.39 is 5.60 Å². The van der Waals surface area contributed by atoms with Crippen molar-refractivity contribution in [1.29, 1.82) is 0 Å². The predicted octanol–water partition coefficient (Wildman–Crippen LogP) is 1.91. The molecule has 2 amide bonds. The van der Waals surface area contributed by atoms with Crippen LogP contribution in [0.2, 0.25) is 0 Å². The van der Waals surface area contributed by atoms with Gasteiger partial charge >= 0.3 is 0 Å². The third-order valence-corrected chi connectivity index (χ3v) is 4.71. The first-order valence-electron chi connectivity index (χ1n) is 7.40. The zero-order chi connectivity index (χ0) is 15.1. The van der Waals surface area contributed by atoms with Crippen LogP contribution in [0.5, 0.6) is 0 Å². The highest BCUT2D eigenvalue weighted by Gasteiger charge is 2.33. The van der Waals surface area contributed by atoms with E-state index >= 15 is 0 Å². The normalized spacial score (nSPS) is 16.6. The number of carbonyl (C=O) groups excluding carboxylic acids is 2. The molecule has 0 atom stereocenters. The third kappa shape index (κ3) is 5.47. The SMILES string of the molecule is O=C(CCCc1cccs1)NNC(=O)CC1(O)CCCC1. The molecule has 0 radical (unpaired) electrons. The minimum absolute atomic E-state index is 0.0580. The van der Waals surface area contributed by atoms with Gasteiger partial charge in [0.25, 0.3) is 0 Å². The summed E-state index contributed by atoms with van der Waals surface area (Å²) in [7, 11) is 0. The van der Waals surface area contributed by atoms with Crippen LogP contribution in [0.4, 0.5) is 0 Å². The molecule has 3 N–H and O–H groups in total. The van der Waals surface area contributed by atoms with Crippen LogP contribution in [0.3, 0.4) is 0 Å². The molecule has 1 saturated carbocycles. The molecule has 21 heavy (non-hydrogen) atoms. The zero-order valence-electron chi connectivity index (χ0n) is 12.1. The maximum Gasteiger partial charge on any atom is 0.241 e. The maximum atomic E-state index is 11.7. The highest BCUT2D eigenvalue weighted by Crippen LogP contribution is 2.31. The highest BCUT2D eigenvalue weighted by atomic mass is 32.1. The fraction of sp³-hybridized carbons (Fsp3) is 0.600. The number of nitrogens with one attached hydrogen (secondary N) is 2. The zero-order valence-corrected chi connectivity index (χ0v) is 12.9. The first-order chi connectivity index (χ1) is 10.1. The number of hydrogen-bond acceptors (Lipinski definition) is 4. The van der Waals surface area contributed by atoms with Gasteiger partial charge in [0, 0.05) is 11.3 Å². The van der Waals surface area contributed by atoms with Crippen LogP contribution in [0.25, 0.3) is 0 Å². The molecule has 1 aliphatic rings. The lowest BCUT2D eigenvalue weighted by Crippen LogP contribution is -2.44. The Bertz CT molecular complexity index is 467. The summed E-state index contributed by atoms with van der Waals surface area (Å²) < 4.78 is 0. The van der Waals surface area contributed by atoms with Gasteiger partial charge in [0.1, 0.15) is 0 Å². The van der Waals surface area contributed by atoms with Crippen LogP contribution in [0.1, 0.15) is 49.8 Å². The third-order valence-electron chi connectivity index (χ3n) is 3.77. The molecular formula is C15H22N2O3S. The number of hydrazine groups is 1. The van der Waals surface area contributed by atoms with Gasteiger partial charge in [-0.2, -0.15) is 0 Å². The van der Waals surface area contributed by atoms with E-state index in [1.807, 2.05) is 17.5 Å². The Kier molecular flexibility index (Phi) is 5.76. The van der Waals surface area contributed by atoms with Crippen molar-refractivity contribution in [3.8, 4) is 0 Å². The topological polar surface area (TPSA) is 78.4 Å². The van der Waals surface area contributed by atoms with Gasteiger partial charge in [-0.25, -0.2) is 0 Å². The van der Waals surface area contributed by atoms with E-state index in [1.165, 1.54) is 4.88 Å². The molecule has 2 rings (SSSR count). The van der Waals surface area contributed by atoms with Crippen molar-refractivity contribution in [2.45, 2.75) is 57.0 Å². The average Bonchev–Trinajstić information content (AvgIpc) is 3.08. The summed E-state index contributed by atoms with van der Waals surface area (Å²) in [6.07, 6.45) is 5.30. The Morgan fingerprint density at radius 2 is 1.95 bits per heavy atom. The summed E-state index contributed by atoms with van der Waals surface area (Å²) in [5.74, 6) is -0.524. The first kappa shape index (κ1) is 16.0. The summed E-state index contributed by atoms with van der Waals surface area (Å²) in [5.41, 5.74) is 3.91. The van der Waals surface area contributed by atoms with Crippen LogP contribution < -0.4 is 10.9 Å². The van der Waals surface area contributed by atoms with Crippen LogP contribution in [-0.2, 0) is 16.0 Å². The Balaban J connectivity index is 1.58. The molecule has 1 aliphatic carbocycles. The monoisotopic (exact) mass is 310 g/mol. The molecule has 0 unspecified atom stereocenters. The fourth-order valence-corrected chi connectivity index (χ4v) is 3.38. The van der Waals surface area contributed by atoms with Crippen molar-refractivity contribution in [1.82, 2.24) is 10.9 Å². The maximum absolute atomic E-state index is 11.7. The Morgan fingerprint density at radius 3 is 2.62 bits per heavy atom. The summed E-state index contributed by atoms with van der Waals surface area (Å²) in [6.45, 7) is 0. The van der Waals surface area contributed by atoms with Crippen LogP contribution >= 0.6 is 11.3 Å². The Labute approximate surface area is 128 Å². The Morgan fingerprint density at radius 1 is 1.24 bits per heavy atom. The van der Waals surface area contributed by atoms with Crippen LogP contribution in [0.15, 0.2) is 17.5 Å². The van der Waals surface area contributed by atoms with E-state index in [0.717, 1.165) is 25.7 Å². The molecule has 5 nitrogen and oxygen atoms in total. The quantitative estimate of drug-likeness (QED) is 0.702. The van der Waals surface area contributed by atoms with Crippen molar-refractivity contribution in [2.75, 3.05) is 0 Å². The van der Waals surface area contributed by atoms with E-state index in [9.17, 15) is 14.7 Å². The molecule has 1 heterocycles. The highest BCUT2D eigenvalue weighted by molar-refractivity contribution is 7.09. The second-order valence-electron chi connectivity index (χ2n) is 5.64. The molecule has 0 bridgehead atoms. The lowest BCUT2D eigenvalue weighted by molar-refractivity contribution is -0.131. The number of aliphatic hydroxyl groups is 1. The molecule has 0 saturated heterocycles. The lowest BCUT2D eigenvalue weighted by atomic mass is 9.98. The number of rotatable bonds is 6. The number of aryl methyl sites for hydroxylation is 1. The average molecular weight is 310 g/mol. The van der Waals surface area contributed by atoms with E-state index in [2.05, 4.69) is 10.9 Å². The van der Waals surface area contributed by atoms with E-state index in [4.69, 9.17) is 0 Å². The number of hydrogen-bond donors (Lipinski definition) is 3. The molecular weight excluding hydrogens is 288 g/mol. The molecule has 1 fully saturated rings. The van der Waals surface area contributed by atoms with Crippen LogP contribution in [-0.4, -0.2) is 22.5 Å². The summed E-state index contributed by atoms with van der Waals surface area (Å²) in [5, 5.41) is 12.1. The van der Waals surface area contributed by atoms with Gasteiger partial charge in [-0.15, -0.1) is 11.3 Å². The molecule has 0 aliphatic heterocycles. The molecule has 0 aromatic carbocycles. The largest absolute Gasteiger partial charge is 0.389 e. The molecule has 6 heteroatoms. The van der Waals surface area contributed by atoms with E-state index in [1.54, 1.807) is 11.3 Å². The van der Waals surface area contributed by atoms with Gasteiger partial charge in [0.15, 0.2) is 0 Å². The predicted molar refractivity (Wildman–Crippen MR) is 81.6 cm³/mol. The number of amides is 2. The number of thiophene rings is 1. The standard InChI is InChI=1S/C15H22N2O3S/c18-13(7-3-5-12-6-4-10-21-12)16-17-14(19)11-15(20)8-1-2-9-15/h4,6,10,20H,1-3,5,7-9,11H2,(H,16,18)(H,17,19). The molecule has 1 aromatic rings. The minimum Gasteiger partial charge on any atom is -0.389 e. The minimum atomic E-state index is -0.881. The van der Waals surface area contributed by atoms with Crippen molar-refractivity contribution in [2.24, 2.45) is 0 Å². The second-order valence-corrected chi connectivity index (χ2v) is 6.67. The Hall–Kier alpha value is -1.40. The van der Waals surface area contributed by atoms with Gasteiger partial charge in [0.2, 0.25) is 11.8 Å². The lowest BCUT2D eigenvalue weighted by Gasteiger charge is -2.21. The van der Waals surface area contributed by atoms with E-state index in [-0.39, 0.29) is 18.2 Å². The number of carbonyl (C=O) groups is 2. The molecule has 0 spiro atoms. The summed E-state index contributed by atoms with van der Waals surface area (Å²) in [6, 6.07) is 4.04. The summed E-state index contributed by atoms with van der Waals surface area (Å²) in [4.78, 5) is 24.6. The smallest absolute Gasteiger partial charge is 0.241 e. The van der Waals surface area contributed by atoms with Crippen molar-refractivity contribution < 1.29 is 14.7 Å². The second kappa shape index (κ2) is 7.56. The first-order valence-corrected chi connectivity index (χ1v) is 8.28. The van der Waals surface area contributed by atoms with Gasteiger partial charge in [-0.3, -0.25) is 20.4 Å². The van der Waals surface area contributed by atoms with Crippen molar-refractivity contribution in [3.63, 3.8) is 0 Å². The van der Waals surface area contributed by atoms with Gasteiger partial charge < -0.3 is 5.11 Å². The van der Waals surface area contributed by atoms with Crippen LogP contribution in [0, 0.1) is 0 Å². The fourth-order valence-electron chi connectivity index (χ4n) is 2.63. The summed E-state index contributed by atoms with van der Waals surface area (Å²) >= 11 is 1.68. The van der Waals surface area contributed by atoms with Gasteiger partial charge in [-0.05, 0) is 37.1 Å². The van der Waals surface area contributed by atoms with Gasteiger partial charge in [0.05, 0.1) is 12.0 Å². The van der Waals surface area contributed by atoms with Gasteiger partial charge in [-0.1, -0.05) is 18.9 Å².